The van der Waals surface area contributed by atoms with Gasteiger partial charge in [0.1, 0.15) is 11.6 Å². The molecule has 14 heavy (non-hydrogen) atoms. The Kier molecular flexibility index (Phi) is 1.77. The topological polar surface area (TPSA) is 42.2 Å². The molecule has 0 saturated heterocycles. The fourth-order valence-corrected chi connectivity index (χ4v) is 1.42. The van der Waals surface area contributed by atoms with Crippen LogP contribution in [0, 0.1) is 5.82 Å². The molecule has 0 unspecified atom stereocenters. The molecule has 1 aromatic heterocycles. The fourth-order valence-electron chi connectivity index (χ4n) is 1.42. The second kappa shape index (κ2) is 2.83. The monoisotopic (exact) mass is 193 g/mol. The number of benzene rings is 1. The summed E-state index contributed by atoms with van der Waals surface area (Å²) in [6.45, 7) is 0. The van der Waals surface area contributed by atoms with Gasteiger partial charge < -0.3 is 9.67 Å². The number of fused-ring (bicyclic) bond motifs is 1. The fraction of sp³-hybridized carbons (Fsp3) is 0.100. The van der Waals surface area contributed by atoms with Crippen LogP contribution in [-0.2, 0) is 7.05 Å². The minimum Gasteiger partial charge on any atom is -0.507 e. The summed E-state index contributed by atoms with van der Waals surface area (Å²) in [6, 6.07) is 4.98. The molecule has 1 heterocycles. The highest BCUT2D eigenvalue weighted by Crippen LogP contribution is 2.22. The van der Waals surface area contributed by atoms with Crippen LogP contribution in [0.15, 0.2) is 29.1 Å². The van der Waals surface area contributed by atoms with Gasteiger partial charge in [0.15, 0.2) is 0 Å². The molecule has 0 aliphatic rings. The number of rotatable bonds is 0. The standard InChI is InChI=1S/C10H8FNO2/c1-12-8-3-2-6(11)4-7(8)9(13)5-10(12)14/h2-5,13H,1H3. The Labute approximate surface area is 79.0 Å². The predicted octanol–water partition coefficient (Wildman–Crippen LogP) is 1.38. The highest BCUT2D eigenvalue weighted by atomic mass is 19.1. The first kappa shape index (κ1) is 8.74. The molecule has 72 valence electrons. The normalized spacial score (nSPS) is 10.7. The molecule has 2 rings (SSSR count). The third-order valence-corrected chi connectivity index (χ3v) is 2.19. The first-order valence-electron chi connectivity index (χ1n) is 4.08. The lowest BCUT2D eigenvalue weighted by atomic mass is 10.2. The molecule has 0 saturated carbocycles. The lowest BCUT2D eigenvalue weighted by Gasteiger charge is -2.05. The van der Waals surface area contributed by atoms with E-state index in [4.69, 9.17) is 0 Å². The van der Waals surface area contributed by atoms with Gasteiger partial charge in [0.25, 0.3) is 5.56 Å². The zero-order chi connectivity index (χ0) is 10.3. The summed E-state index contributed by atoms with van der Waals surface area (Å²) in [4.78, 5) is 11.2. The molecule has 0 spiro atoms. The van der Waals surface area contributed by atoms with E-state index in [2.05, 4.69) is 0 Å². The highest BCUT2D eigenvalue weighted by molar-refractivity contribution is 5.84. The number of nitrogens with zero attached hydrogens (tertiary/aromatic N) is 1. The van der Waals surface area contributed by atoms with Crippen molar-refractivity contribution in [3.63, 3.8) is 0 Å². The molecule has 3 nitrogen and oxygen atoms in total. The molecule has 0 bridgehead atoms. The zero-order valence-corrected chi connectivity index (χ0v) is 7.49. The third-order valence-electron chi connectivity index (χ3n) is 2.19. The Morgan fingerprint density at radius 2 is 2.07 bits per heavy atom. The molecule has 1 N–H and O–H groups in total. The van der Waals surface area contributed by atoms with Crippen LogP contribution in [0.2, 0.25) is 0 Å². The molecular weight excluding hydrogens is 185 g/mol. The molecule has 0 aliphatic carbocycles. The SMILES string of the molecule is Cn1c(=O)cc(O)c2cc(F)ccc21. The van der Waals surface area contributed by atoms with Gasteiger partial charge in [-0.3, -0.25) is 4.79 Å². The van der Waals surface area contributed by atoms with Crippen LogP contribution >= 0.6 is 0 Å². The van der Waals surface area contributed by atoms with Crippen molar-refractivity contribution >= 4 is 10.9 Å². The summed E-state index contributed by atoms with van der Waals surface area (Å²) >= 11 is 0. The summed E-state index contributed by atoms with van der Waals surface area (Å²) in [5.41, 5.74) is 0.193. The van der Waals surface area contributed by atoms with Crippen LogP contribution in [0.5, 0.6) is 5.75 Å². The van der Waals surface area contributed by atoms with Gasteiger partial charge in [-0.2, -0.15) is 0 Å². The Morgan fingerprint density at radius 1 is 1.36 bits per heavy atom. The van der Waals surface area contributed by atoms with E-state index in [1.807, 2.05) is 0 Å². The number of aryl methyl sites for hydroxylation is 1. The van der Waals surface area contributed by atoms with Crippen molar-refractivity contribution in [3.05, 3.63) is 40.4 Å². The maximum atomic E-state index is 12.9. The van der Waals surface area contributed by atoms with Crippen LogP contribution in [0.25, 0.3) is 10.9 Å². The third kappa shape index (κ3) is 1.16. The lowest BCUT2D eigenvalue weighted by molar-refractivity contribution is 0.479. The molecule has 0 aliphatic heterocycles. The minimum absolute atomic E-state index is 0.192. The van der Waals surface area contributed by atoms with Gasteiger partial charge in [0.05, 0.1) is 5.52 Å². The summed E-state index contributed by atoms with van der Waals surface area (Å²) < 4.78 is 14.2. The second-order valence-corrected chi connectivity index (χ2v) is 3.09. The number of pyridine rings is 1. The number of hydrogen-bond donors (Lipinski definition) is 1. The summed E-state index contributed by atoms with van der Waals surface area (Å²) in [5, 5.41) is 9.76. The summed E-state index contributed by atoms with van der Waals surface area (Å²) in [5.74, 6) is -0.631. The van der Waals surface area contributed by atoms with Gasteiger partial charge in [0.2, 0.25) is 0 Å². The van der Waals surface area contributed by atoms with Crippen molar-refractivity contribution < 1.29 is 9.50 Å². The number of aromatic hydroxyl groups is 1. The van der Waals surface area contributed by atoms with E-state index < -0.39 is 5.82 Å². The van der Waals surface area contributed by atoms with Crippen molar-refractivity contribution in [1.82, 2.24) is 4.57 Å². The van der Waals surface area contributed by atoms with Gasteiger partial charge in [-0.1, -0.05) is 0 Å². The lowest BCUT2D eigenvalue weighted by Crippen LogP contribution is -2.15. The average molecular weight is 193 g/mol. The molecular formula is C10H8FNO2. The van der Waals surface area contributed by atoms with Crippen LogP contribution < -0.4 is 5.56 Å². The smallest absolute Gasteiger partial charge is 0.254 e. The van der Waals surface area contributed by atoms with Crippen molar-refractivity contribution in [2.75, 3.05) is 0 Å². The van der Waals surface area contributed by atoms with E-state index in [1.165, 1.54) is 22.8 Å². The van der Waals surface area contributed by atoms with Gasteiger partial charge in [0, 0.05) is 18.5 Å². The van der Waals surface area contributed by atoms with Crippen LogP contribution in [-0.4, -0.2) is 9.67 Å². The zero-order valence-electron chi connectivity index (χ0n) is 7.49. The van der Waals surface area contributed by atoms with Gasteiger partial charge in [-0.15, -0.1) is 0 Å². The molecule has 0 atom stereocenters. The molecule has 1 aromatic carbocycles. The van der Waals surface area contributed by atoms with E-state index >= 15 is 0 Å². The van der Waals surface area contributed by atoms with Crippen molar-refractivity contribution in [2.24, 2.45) is 7.05 Å². The van der Waals surface area contributed by atoms with Gasteiger partial charge >= 0.3 is 0 Å². The Morgan fingerprint density at radius 3 is 2.79 bits per heavy atom. The van der Waals surface area contributed by atoms with Gasteiger partial charge in [-0.25, -0.2) is 4.39 Å². The largest absolute Gasteiger partial charge is 0.507 e. The summed E-state index contributed by atoms with van der Waals surface area (Å²) in [6.07, 6.45) is 0. The Balaban J connectivity index is 3.02. The van der Waals surface area contributed by atoms with Crippen LogP contribution in [0.4, 0.5) is 4.39 Å². The van der Waals surface area contributed by atoms with Gasteiger partial charge in [-0.05, 0) is 18.2 Å². The quantitative estimate of drug-likeness (QED) is 0.686. The molecule has 0 radical (unpaired) electrons. The maximum Gasteiger partial charge on any atom is 0.254 e. The number of hydrogen-bond acceptors (Lipinski definition) is 2. The number of aromatic nitrogens is 1. The molecule has 0 amide bonds. The minimum atomic E-state index is -0.438. The average Bonchev–Trinajstić information content (AvgIpc) is 2.14. The Bertz CT molecular complexity index is 560. The van der Waals surface area contributed by atoms with Crippen molar-refractivity contribution in [1.29, 1.82) is 0 Å². The Hall–Kier alpha value is -1.84. The molecule has 2 aromatic rings. The molecule has 4 heteroatoms. The maximum absolute atomic E-state index is 12.9. The summed E-state index contributed by atoms with van der Waals surface area (Å²) in [7, 11) is 1.57. The first-order valence-corrected chi connectivity index (χ1v) is 4.08. The van der Waals surface area contributed by atoms with E-state index in [1.54, 1.807) is 7.05 Å². The first-order chi connectivity index (χ1) is 6.59. The van der Waals surface area contributed by atoms with Crippen LogP contribution in [0.1, 0.15) is 0 Å². The molecule has 0 fully saturated rings. The van der Waals surface area contributed by atoms with Crippen molar-refractivity contribution in [3.8, 4) is 5.75 Å². The van der Waals surface area contributed by atoms with Crippen LogP contribution in [0.3, 0.4) is 0 Å². The number of halogens is 1. The van der Waals surface area contributed by atoms with E-state index in [0.717, 1.165) is 6.07 Å². The predicted molar refractivity (Wildman–Crippen MR) is 50.8 cm³/mol. The second-order valence-electron chi connectivity index (χ2n) is 3.09. The van der Waals surface area contributed by atoms with E-state index in [-0.39, 0.29) is 11.3 Å². The highest BCUT2D eigenvalue weighted by Gasteiger charge is 2.05. The van der Waals surface area contributed by atoms with E-state index in [0.29, 0.717) is 10.9 Å². The van der Waals surface area contributed by atoms with Crippen molar-refractivity contribution in [2.45, 2.75) is 0 Å². The van der Waals surface area contributed by atoms with E-state index in [9.17, 15) is 14.3 Å².